The van der Waals surface area contributed by atoms with Crippen LogP contribution in [-0.4, -0.2) is 43.3 Å². The minimum Gasteiger partial charge on any atom is -0.494 e. The third kappa shape index (κ3) is 5.73. The first-order chi connectivity index (χ1) is 16.5. The maximum atomic E-state index is 12.8. The van der Waals surface area contributed by atoms with Gasteiger partial charge in [0.1, 0.15) is 11.5 Å². The lowest BCUT2D eigenvalue weighted by Crippen LogP contribution is -2.28. The average Bonchev–Trinajstić information content (AvgIpc) is 3.40. The van der Waals surface area contributed by atoms with Gasteiger partial charge in [-0.2, -0.15) is 4.31 Å². The molecule has 0 spiro atoms. The molecule has 3 aromatic rings. The number of hydrogen-bond donors (Lipinski definition) is 1. The summed E-state index contributed by atoms with van der Waals surface area (Å²) in [6, 6.07) is 16.9. The van der Waals surface area contributed by atoms with E-state index in [0.29, 0.717) is 36.9 Å². The van der Waals surface area contributed by atoms with Crippen molar-refractivity contribution >= 4 is 15.9 Å². The van der Waals surface area contributed by atoms with Crippen LogP contribution in [0.2, 0.25) is 0 Å². The molecule has 1 aliphatic rings. The average molecular weight is 482 g/mol. The third-order valence-electron chi connectivity index (χ3n) is 5.41. The zero-order chi connectivity index (χ0) is 24.0. The Kier molecular flexibility index (Phi) is 7.44. The van der Waals surface area contributed by atoms with Crippen LogP contribution in [0.4, 0.5) is 0 Å². The van der Waals surface area contributed by atoms with Gasteiger partial charge in [0.15, 0.2) is 0 Å². The molecule has 1 fully saturated rings. The summed E-state index contributed by atoms with van der Waals surface area (Å²) in [6.45, 7) is 3.79. The van der Waals surface area contributed by atoms with Crippen LogP contribution in [0, 0.1) is 0 Å². The Morgan fingerprint density at radius 3 is 2.50 bits per heavy atom. The van der Waals surface area contributed by atoms with Crippen molar-refractivity contribution in [2.75, 3.05) is 19.7 Å². The second kappa shape index (κ2) is 10.7. The lowest BCUT2D eigenvalue weighted by Gasteiger charge is -2.16. The summed E-state index contributed by atoms with van der Waals surface area (Å²) in [5.74, 6) is 1.42. The number of carbonyl (C=O) groups excluding carboxylic acids is 1. The Balaban J connectivity index is 1.38. The molecular weight excluding hydrogens is 454 g/mol. The molecule has 0 saturated carbocycles. The molecule has 1 saturated heterocycles. The van der Waals surface area contributed by atoms with Gasteiger partial charge in [0, 0.05) is 37.5 Å². The molecule has 8 nitrogen and oxygen atoms in total. The van der Waals surface area contributed by atoms with Crippen LogP contribution in [0.5, 0.6) is 17.4 Å². The Morgan fingerprint density at radius 2 is 1.76 bits per heavy atom. The molecule has 2 aromatic carbocycles. The van der Waals surface area contributed by atoms with Crippen molar-refractivity contribution in [3.63, 3.8) is 0 Å². The second-order valence-corrected chi connectivity index (χ2v) is 9.77. The standard InChI is InChI=1S/C25H27N3O5S/c1-2-32-21-8-10-22(11-9-21)33-24-16-19(12-13-26-24)18-27-25(29)20-6-5-7-23(17-20)34(30,31)28-14-3-4-15-28/h5-13,16-17H,2-4,14-15,18H2,1H3,(H,27,29). The van der Waals surface area contributed by atoms with Crippen molar-refractivity contribution in [3.8, 4) is 17.4 Å². The van der Waals surface area contributed by atoms with E-state index in [0.717, 1.165) is 24.2 Å². The lowest BCUT2D eigenvalue weighted by atomic mass is 10.2. The molecule has 1 amide bonds. The van der Waals surface area contributed by atoms with E-state index in [9.17, 15) is 13.2 Å². The highest BCUT2D eigenvalue weighted by Gasteiger charge is 2.27. The van der Waals surface area contributed by atoms with Crippen LogP contribution in [0.3, 0.4) is 0 Å². The monoisotopic (exact) mass is 481 g/mol. The van der Waals surface area contributed by atoms with Crippen LogP contribution < -0.4 is 14.8 Å². The Labute approximate surface area is 199 Å². The fourth-order valence-electron chi connectivity index (χ4n) is 3.67. The van der Waals surface area contributed by atoms with Crippen LogP contribution >= 0.6 is 0 Å². The molecule has 1 aliphatic heterocycles. The summed E-state index contributed by atoms with van der Waals surface area (Å²) in [7, 11) is -3.58. The number of aromatic nitrogens is 1. The molecule has 0 bridgehead atoms. The topological polar surface area (TPSA) is 97.8 Å². The molecule has 2 heterocycles. The van der Waals surface area contributed by atoms with Gasteiger partial charge in [-0.25, -0.2) is 13.4 Å². The predicted octanol–water partition coefficient (Wildman–Crippen LogP) is 3.99. The van der Waals surface area contributed by atoms with Crippen LogP contribution in [-0.2, 0) is 16.6 Å². The van der Waals surface area contributed by atoms with E-state index in [1.54, 1.807) is 42.6 Å². The number of carbonyl (C=O) groups is 1. The maximum Gasteiger partial charge on any atom is 0.251 e. The number of amides is 1. The quantitative estimate of drug-likeness (QED) is 0.496. The number of ether oxygens (including phenoxy) is 2. The first-order valence-electron chi connectivity index (χ1n) is 11.2. The fourth-order valence-corrected chi connectivity index (χ4v) is 5.23. The zero-order valence-corrected chi connectivity index (χ0v) is 19.8. The van der Waals surface area contributed by atoms with Gasteiger partial charge in [0.05, 0.1) is 11.5 Å². The molecule has 4 rings (SSSR count). The van der Waals surface area contributed by atoms with Gasteiger partial charge in [-0.05, 0) is 73.9 Å². The minimum atomic E-state index is -3.58. The summed E-state index contributed by atoms with van der Waals surface area (Å²) in [5.41, 5.74) is 1.09. The highest BCUT2D eigenvalue weighted by Crippen LogP contribution is 2.24. The number of nitrogens with one attached hydrogen (secondary N) is 1. The number of benzene rings is 2. The van der Waals surface area contributed by atoms with Gasteiger partial charge < -0.3 is 14.8 Å². The molecule has 0 radical (unpaired) electrons. The SMILES string of the molecule is CCOc1ccc(Oc2cc(CNC(=O)c3cccc(S(=O)(=O)N4CCCC4)c3)ccn2)cc1. The Bertz CT molecular complexity index is 1240. The maximum absolute atomic E-state index is 12.8. The summed E-state index contributed by atoms with van der Waals surface area (Å²) in [5, 5.41) is 2.83. The molecule has 9 heteroatoms. The van der Waals surface area contributed by atoms with Crippen molar-refractivity contribution in [2.45, 2.75) is 31.2 Å². The van der Waals surface area contributed by atoms with E-state index in [1.165, 1.54) is 16.4 Å². The molecule has 0 unspecified atom stereocenters. The molecular formula is C25H27N3O5S. The van der Waals surface area contributed by atoms with E-state index in [4.69, 9.17) is 9.47 Å². The highest BCUT2D eigenvalue weighted by molar-refractivity contribution is 7.89. The van der Waals surface area contributed by atoms with E-state index >= 15 is 0 Å². The number of hydrogen-bond acceptors (Lipinski definition) is 6. The molecule has 1 N–H and O–H groups in total. The summed E-state index contributed by atoms with van der Waals surface area (Å²) in [6.07, 6.45) is 3.32. The predicted molar refractivity (Wildman–Crippen MR) is 128 cm³/mol. The van der Waals surface area contributed by atoms with Crippen molar-refractivity contribution in [1.29, 1.82) is 0 Å². The van der Waals surface area contributed by atoms with E-state index in [2.05, 4.69) is 10.3 Å². The second-order valence-electron chi connectivity index (χ2n) is 7.83. The minimum absolute atomic E-state index is 0.136. The first-order valence-corrected chi connectivity index (χ1v) is 12.6. The number of pyridine rings is 1. The lowest BCUT2D eigenvalue weighted by molar-refractivity contribution is 0.0950. The van der Waals surface area contributed by atoms with Crippen molar-refractivity contribution in [2.24, 2.45) is 0 Å². The van der Waals surface area contributed by atoms with Gasteiger partial charge >= 0.3 is 0 Å². The van der Waals surface area contributed by atoms with Crippen LogP contribution in [0.1, 0.15) is 35.7 Å². The van der Waals surface area contributed by atoms with E-state index in [-0.39, 0.29) is 17.3 Å². The summed E-state index contributed by atoms with van der Waals surface area (Å²) < 4.78 is 38.3. The van der Waals surface area contributed by atoms with Crippen molar-refractivity contribution < 1.29 is 22.7 Å². The van der Waals surface area contributed by atoms with E-state index < -0.39 is 10.0 Å². The first kappa shape index (κ1) is 23.7. The van der Waals surface area contributed by atoms with Crippen LogP contribution in [0.15, 0.2) is 71.8 Å². The molecule has 178 valence electrons. The fraction of sp³-hybridized carbons (Fsp3) is 0.280. The molecule has 0 aliphatic carbocycles. The van der Waals surface area contributed by atoms with Gasteiger partial charge in [-0.1, -0.05) is 6.07 Å². The Hall–Kier alpha value is -3.43. The van der Waals surface area contributed by atoms with Crippen LogP contribution in [0.25, 0.3) is 0 Å². The third-order valence-corrected chi connectivity index (χ3v) is 7.30. The van der Waals surface area contributed by atoms with Gasteiger partial charge in [-0.15, -0.1) is 0 Å². The highest BCUT2D eigenvalue weighted by atomic mass is 32.2. The van der Waals surface area contributed by atoms with Gasteiger partial charge in [0.25, 0.3) is 5.91 Å². The molecule has 34 heavy (non-hydrogen) atoms. The van der Waals surface area contributed by atoms with Crippen molar-refractivity contribution in [3.05, 3.63) is 78.0 Å². The van der Waals surface area contributed by atoms with E-state index in [1.807, 2.05) is 19.1 Å². The normalized spacial score (nSPS) is 14.0. The van der Waals surface area contributed by atoms with Gasteiger partial charge in [-0.3, -0.25) is 4.79 Å². The molecule has 0 atom stereocenters. The van der Waals surface area contributed by atoms with Gasteiger partial charge in [0.2, 0.25) is 15.9 Å². The summed E-state index contributed by atoms with van der Waals surface area (Å²) in [4.78, 5) is 17.1. The van der Waals surface area contributed by atoms with Crippen molar-refractivity contribution in [1.82, 2.24) is 14.6 Å². The number of nitrogens with zero attached hydrogens (tertiary/aromatic N) is 2. The molecule has 1 aromatic heterocycles. The number of rotatable bonds is 9. The largest absolute Gasteiger partial charge is 0.494 e. The zero-order valence-electron chi connectivity index (χ0n) is 18.9. The Morgan fingerprint density at radius 1 is 1.03 bits per heavy atom. The summed E-state index contributed by atoms with van der Waals surface area (Å²) >= 11 is 0. The smallest absolute Gasteiger partial charge is 0.251 e. The number of sulfonamides is 1.